The summed E-state index contributed by atoms with van der Waals surface area (Å²) in [5.74, 6) is 0.259. The summed E-state index contributed by atoms with van der Waals surface area (Å²) in [5, 5.41) is 3.53. The van der Waals surface area contributed by atoms with Gasteiger partial charge in [0, 0.05) is 24.0 Å². The zero-order chi connectivity index (χ0) is 13.4. The number of rotatable bonds is 3. The van der Waals surface area contributed by atoms with Crippen LogP contribution >= 0.6 is 0 Å². The number of piperidine rings is 3. The lowest BCUT2D eigenvalue weighted by atomic mass is 9.84. The maximum absolute atomic E-state index is 11.3. The van der Waals surface area contributed by atoms with Gasteiger partial charge < -0.3 is 21.7 Å². The molecule has 1 amide bonds. The quantitative estimate of drug-likeness (QED) is 0.704. The molecule has 0 spiro atoms. The first kappa shape index (κ1) is 12.3. The van der Waals surface area contributed by atoms with Gasteiger partial charge in [-0.05, 0) is 50.0 Å². The standard InChI is InChI=1S/C14H20N4O/c15-12-2-1-10(7-11(12)14(16)19)17-13-8-18-5-3-9(13)4-6-18/h1-2,7,9,13,17H,3-6,8,15H2,(H2,16,19). The maximum atomic E-state index is 11.3. The fraction of sp³-hybridized carbons (Fsp3) is 0.500. The second kappa shape index (κ2) is 4.74. The zero-order valence-electron chi connectivity index (χ0n) is 10.9. The summed E-state index contributed by atoms with van der Waals surface area (Å²) < 4.78 is 0. The van der Waals surface area contributed by atoms with Crippen molar-refractivity contribution in [2.45, 2.75) is 18.9 Å². The van der Waals surface area contributed by atoms with E-state index in [1.807, 2.05) is 6.07 Å². The summed E-state index contributed by atoms with van der Waals surface area (Å²) in [6, 6.07) is 5.88. The topological polar surface area (TPSA) is 84.4 Å². The SMILES string of the molecule is NC(=O)c1cc(NC2CN3CCC2CC3)ccc1N. The summed E-state index contributed by atoms with van der Waals surface area (Å²) >= 11 is 0. The summed E-state index contributed by atoms with van der Waals surface area (Å²) in [6.45, 7) is 3.52. The molecule has 4 rings (SSSR count). The molecule has 3 heterocycles. The van der Waals surface area contributed by atoms with Crippen molar-refractivity contribution in [3.05, 3.63) is 23.8 Å². The molecule has 0 aliphatic carbocycles. The first-order chi connectivity index (χ1) is 9.13. The number of carbonyl (C=O) groups excluding carboxylic acids is 1. The Hall–Kier alpha value is -1.75. The van der Waals surface area contributed by atoms with Gasteiger partial charge >= 0.3 is 0 Å². The second-order valence-corrected chi connectivity index (χ2v) is 5.56. The van der Waals surface area contributed by atoms with Crippen LogP contribution < -0.4 is 16.8 Å². The molecular formula is C14H20N4O. The van der Waals surface area contributed by atoms with E-state index in [2.05, 4.69) is 10.2 Å². The maximum Gasteiger partial charge on any atom is 0.250 e. The van der Waals surface area contributed by atoms with Crippen LogP contribution in [0, 0.1) is 5.92 Å². The lowest BCUT2D eigenvalue weighted by Gasteiger charge is -2.45. The summed E-state index contributed by atoms with van der Waals surface area (Å²) in [7, 11) is 0. The van der Waals surface area contributed by atoms with Gasteiger partial charge in [-0.2, -0.15) is 0 Å². The number of nitrogens with two attached hydrogens (primary N) is 2. The number of nitrogens with one attached hydrogen (secondary N) is 1. The number of nitrogen functional groups attached to an aromatic ring is 1. The minimum Gasteiger partial charge on any atom is -0.398 e. The first-order valence-corrected chi connectivity index (χ1v) is 6.81. The fourth-order valence-electron chi connectivity index (χ4n) is 3.20. The molecule has 1 unspecified atom stereocenters. The second-order valence-electron chi connectivity index (χ2n) is 5.56. The Morgan fingerprint density at radius 1 is 1.32 bits per heavy atom. The highest BCUT2D eigenvalue weighted by Gasteiger charge is 2.33. The number of nitrogens with zero attached hydrogens (tertiary/aromatic N) is 1. The Morgan fingerprint density at radius 2 is 2.05 bits per heavy atom. The monoisotopic (exact) mass is 260 g/mol. The smallest absolute Gasteiger partial charge is 0.250 e. The molecule has 0 saturated carbocycles. The van der Waals surface area contributed by atoms with Crippen LogP contribution in [0.15, 0.2) is 18.2 Å². The van der Waals surface area contributed by atoms with Crippen LogP contribution in [0.5, 0.6) is 0 Å². The first-order valence-electron chi connectivity index (χ1n) is 6.81. The molecule has 5 heteroatoms. The van der Waals surface area contributed by atoms with E-state index in [-0.39, 0.29) is 0 Å². The van der Waals surface area contributed by atoms with Crippen molar-refractivity contribution in [2.24, 2.45) is 11.7 Å². The molecule has 19 heavy (non-hydrogen) atoms. The molecule has 0 radical (unpaired) electrons. The number of benzene rings is 1. The molecular weight excluding hydrogens is 240 g/mol. The molecule has 3 aliphatic heterocycles. The summed E-state index contributed by atoms with van der Waals surface area (Å²) in [5.41, 5.74) is 12.8. The minimum absolute atomic E-state index is 0.395. The number of hydrogen-bond acceptors (Lipinski definition) is 4. The van der Waals surface area contributed by atoms with Crippen molar-refractivity contribution in [1.29, 1.82) is 0 Å². The summed E-state index contributed by atoms with van der Waals surface area (Å²) in [6.07, 6.45) is 2.52. The van der Waals surface area contributed by atoms with Crippen molar-refractivity contribution >= 4 is 17.3 Å². The largest absolute Gasteiger partial charge is 0.398 e. The summed E-state index contributed by atoms with van der Waals surface area (Å²) in [4.78, 5) is 13.8. The van der Waals surface area contributed by atoms with E-state index < -0.39 is 5.91 Å². The van der Waals surface area contributed by atoms with Crippen LogP contribution in [0.1, 0.15) is 23.2 Å². The highest BCUT2D eigenvalue weighted by molar-refractivity contribution is 5.98. The lowest BCUT2D eigenvalue weighted by Crippen LogP contribution is -2.53. The van der Waals surface area contributed by atoms with E-state index in [1.165, 1.54) is 25.9 Å². The van der Waals surface area contributed by atoms with Gasteiger partial charge in [-0.25, -0.2) is 0 Å². The van der Waals surface area contributed by atoms with Crippen molar-refractivity contribution in [3.63, 3.8) is 0 Å². The van der Waals surface area contributed by atoms with Crippen LogP contribution in [-0.2, 0) is 0 Å². The van der Waals surface area contributed by atoms with Gasteiger partial charge in [0.25, 0.3) is 5.91 Å². The molecule has 3 aliphatic rings. The number of primary amides is 1. The van der Waals surface area contributed by atoms with Crippen LogP contribution in [0.3, 0.4) is 0 Å². The van der Waals surface area contributed by atoms with E-state index in [9.17, 15) is 4.79 Å². The van der Waals surface area contributed by atoms with Gasteiger partial charge in [0.2, 0.25) is 0 Å². The molecule has 2 bridgehead atoms. The van der Waals surface area contributed by atoms with Crippen molar-refractivity contribution < 1.29 is 4.79 Å². The fourth-order valence-corrected chi connectivity index (χ4v) is 3.20. The van der Waals surface area contributed by atoms with Crippen LogP contribution in [0.2, 0.25) is 0 Å². The number of anilines is 2. The lowest BCUT2D eigenvalue weighted by molar-refractivity contribution is 0.0975. The molecule has 1 aromatic carbocycles. The van der Waals surface area contributed by atoms with Crippen LogP contribution in [0.4, 0.5) is 11.4 Å². The predicted octanol–water partition coefficient (Wildman–Crippen LogP) is 0.874. The van der Waals surface area contributed by atoms with Gasteiger partial charge in [0.15, 0.2) is 0 Å². The number of fused-ring (bicyclic) bond motifs is 3. The van der Waals surface area contributed by atoms with E-state index >= 15 is 0 Å². The van der Waals surface area contributed by atoms with Crippen molar-refractivity contribution in [2.75, 3.05) is 30.7 Å². The number of hydrogen-bond donors (Lipinski definition) is 3. The normalized spacial score (nSPS) is 29.2. The van der Waals surface area contributed by atoms with Crippen molar-refractivity contribution in [1.82, 2.24) is 4.90 Å². The van der Waals surface area contributed by atoms with E-state index in [1.54, 1.807) is 12.1 Å². The van der Waals surface area contributed by atoms with E-state index in [0.717, 1.165) is 18.2 Å². The van der Waals surface area contributed by atoms with Crippen molar-refractivity contribution in [3.8, 4) is 0 Å². The Labute approximate surface area is 112 Å². The molecule has 1 aromatic rings. The number of carbonyl (C=O) groups is 1. The highest BCUT2D eigenvalue weighted by Crippen LogP contribution is 2.30. The Kier molecular flexibility index (Phi) is 3.06. The molecule has 5 nitrogen and oxygen atoms in total. The molecule has 1 atom stereocenters. The Bertz CT molecular complexity index is 494. The third-order valence-electron chi connectivity index (χ3n) is 4.33. The van der Waals surface area contributed by atoms with Gasteiger partial charge in [0.05, 0.1) is 5.56 Å². The molecule has 0 aromatic heterocycles. The number of amides is 1. The predicted molar refractivity (Wildman–Crippen MR) is 75.9 cm³/mol. The Morgan fingerprint density at radius 3 is 2.63 bits per heavy atom. The average molecular weight is 260 g/mol. The highest BCUT2D eigenvalue weighted by atomic mass is 16.1. The molecule has 5 N–H and O–H groups in total. The molecule has 3 fully saturated rings. The van der Waals surface area contributed by atoms with E-state index in [0.29, 0.717) is 17.3 Å². The third kappa shape index (κ3) is 2.38. The van der Waals surface area contributed by atoms with Gasteiger partial charge in [-0.15, -0.1) is 0 Å². The van der Waals surface area contributed by atoms with Crippen LogP contribution in [-0.4, -0.2) is 36.5 Å². The van der Waals surface area contributed by atoms with Gasteiger partial charge in [0.1, 0.15) is 0 Å². The third-order valence-corrected chi connectivity index (χ3v) is 4.33. The zero-order valence-corrected chi connectivity index (χ0v) is 10.9. The minimum atomic E-state index is -0.477. The van der Waals surface area contributed by atoms with Crippen LogP contribution in [0.25, 0.3) is 0 Å². The van der Waals surface area contributed by atoms with Gasteiger partial charge in [-0.3, -0.25) is 4.79 Å². The average Bonchev–Trinajstić information content (AvgIpc) is 2.42. The Balaban J connectivity index is 1.76. The molecule has 102 valence electrons. The van der Waals surface area contributed by atoms with E-state index in [4.69, 9.17) is 11.5 Å². The van der Waals surface area contributed by atoms with Gasteiger partial charge in [-0.1, -0.05) is 0 Å². The molecule has 3 saturated heterocycles.